The van der Waals surface area contributed by atoms with E-state index in [4.69, 9.17) is 10.6 Å². The summed E-state index contributed by atoms with van der Waals surface area (Å²) < 4.78 is 6.33. The number of nitrogens with zero attached hydrogens (tertiary/aromatic N) is 1. The summed E-state index contributed by atoms with van der Waals surface area (Å²) in [5, 5.41) is 5.17. The van der Waals surface area contributed by atoms with Crippen LogP contribution in [0.2, 0.25) is 0 Å². The lowest BCUT2D eigenvalue weighted by molar-refractivity contribution is 0.145. The Kier molecular flexibility index (Phi) is 7.99. The molecule has 1 heterocycles. The number of ether oxygens (including phenoxy) is 1. The molecule has 18 heavy (non-hydrogen) atoms. The van der Waals surface area contributed by atoms with Crippen molar-refractivity contribution in [3.05, 3.63) is 20.8 Å². The highest BCUT2D eigenvalue weighted by molar-refractivity contribution is 9.10. The number of hydrogen-bond acceptors (Lipinski definition) is 4. The van der Waals surface area contributed by atoms with Crippen molar-refractivity contribution in [1.82, 2.24) is 10.7 Å². The zero-order valence-corrected chi connectivity index (χ0v) is 12.8. The van der Waals surface area contributed by atoms with Gasteiger partial charge in [-0.05, 0) is 35.3 Å². The van der Waals surface area contributed by atoms with Crippen molar-refractivity contribution in [1.29, 1.82) is 0 Å². The second-order valence-corrected chi connectivity index (χ2v) is 5.43. The Bertz CT molecular complexity index is 370. The molecule has 0 aromatic carbocycles. The first-order chi connectivity index (χ1) is 8.76. The van der Waals surface area contributed by atoms with Gasteiger partial charge in [0.25, 0.3) is 0 Å². The van der Waals surface area contributed by atoms with Crippen LogP contribution in [0.15, 0.2) is 20.9 Å². The molecule has 5 nitrogen and oxygen atoms in total. The Hall–Kier alpha value is -0.630. The highest BCUT2D eigenvalue weighted by atomic mass is 79.9. The van der Waals surface area contributed by atoms with Gasteiger partial charge in [-0.15, -0.1) is 11.3 Å². The van der Waals surface area contributed by atoms with Crippen molar-refractivity contribution in [2.45, 2.75) is 19.9 Å². The third-order valence-electron chi connectivity index (χ3n) is 2.11. The van der Waals surface area contributed by atoms with Crippen LogP contribution in [0, 0.1) is 0 Å². The summed E-state index contributed by atoms with van der Waals surface area (Å²) in [6, 6.07) is 2.05. The van der Waals surface area contributed by atoms with Gasteiger partial charge in [-0.1, -0.05) is 0 Å². The van der Waals surface area contributed by atoms with Crippen LogP contribution in [-0.4, -0.2) is 25.7 Å². The largest absolute Gasteiger partial charge is 0.382 e. The Morgan fingerprint density at radius 2 is 2.44 bits per heavy atom. The molecule has 0 saturated heterocycles. The van der Waals surface area contributed by atoms with Crippen LogP contribution in [0.25, 0.3) is 0 Å². The minimum Gasteiger partial charge on any atom is -0.382 e. The Morgan fingerprint density at radius 3 is 3.06 bits per heavy atom. The summed E-state index contributed by atoms with van der Waals surface area (Å²) >= 11 is 5.08. The maximum Gasteiger partial charge on any atom is 0.206 e. The van der Waals surface area contributed by atoms with Gasteiger partial charge < -0.3 is 10.1 Å². The zero-order chi connectivity index (χ0) is 13.2. The third-order valence-corrected chi connectivity index (χ3v) is 3.80. The number of halogens is 1. The molecule has 102 valence electrons. The topological polar surface area (TPSA) is 71.7 Å². The molecule has 0 aliphatic rings. The minimum absolute atomic E-state index is 0.607. The van der Waals surface area contributed by atoms with E-state index in [-0.39, 0.29) is 0 Å². The monoisotopic (exact) mass is 334 g/mol. The Labute approximate surface area is 120 Å². The number of aliphatic imine (C=N–C) groups is 1. The van der Waals surface area contributed by atoms with Gasteiger partial charge >= 0.3 is 0 Å². The van der Waals surface area contributed by atoms with E-state index in [0.717, 1.165) is 30.7 Å². The predicted molar refractivity (Wildman–Crippen MR) is 79.6 cm³/mol. The van der Waals surface area contributed by atoms with Gasteiger partial charge in [0.15, 0.2) is 0 Å². The minimum atomic E-state index is 0.607. The molecular weight excluding hydrogens is 316 g/mol. The zero-order valence-electron chi connectivity index (χ0n) is 10.4. The molecule has 0 radical (unpaired) electrons. The second-order valence-electron chi connectivity index (χ2n) is 3.52. The van der Waals surface area contributed by atoms with Crippen LogP contribution in [0.5, 0.6) is 0 Å². The number of hydrazine groups is 1. The Morgan fingerprint density at radius 1 is 1.61 bits per heavy atom. The lowest BCUT2D eigenvalue weighted by atomic mass is 10.4. The quantitative estimate of drug-likeness (QED) is 0.234. The van der Waals surface area contributed by atoms with E-state index in [9.17, 15) is 0 Å². The summed E-state index contributed by atoms with van der Waals surface area (Å²) in [7, 11) is 0. The summed E-state index contributed by atoms with van der Waals surface area (Å²) in [6.07, 6.45) is 0.930. The SMILES string of the molecule is CCOCCCNC(=NCc1cc(Br)cs1)NN. The lowest BCUT2D eigenvalue weighted by Gasteiger charge is -2.08. The van der Waals surface area contributed by atoms with Crippen LogP contribution in [0.1, 0.15) is 18.2 Å². The molecule has 1 rings (SSSR count). The standard InChI is InChI=1S/C11H19BrN4OS/c1-2-17-5-3-4-14-11(16-13)15-7-10-6-9(12)8-18-10/h6,8H,2-5,7,13H2,1H3,(H2,14,15,16). The fourth-order valence-electron chi connectivity index (χ4n) is 1.27. The molecule has 0 saturated carbocycles. The van der Waals surface area contributed by atoms with Gasteiger partial charge in [0.2, 0.25) is 5.96 Å². The summed E-state index contributed by atoms with van der Waals surface area (Å²) in [6.45, 7) is 4.90. The normalized spacial score (nSPS) is 11.6. The summed E-state index contributed by atoms with van der Waals surface area (Å²) in [4.78, 5) is 5.55. The van der Waals surface area contributed by atoms with Gasteiger partial charge in [0.1, 0.15) is 0 Å². The highest BCUT2D eigenvalue weighted by Gasteiger charge is 1.98. The molecule has 0 unspecified atom stereocenters. The molecule has 0 amide bonds. The molecule has 0 atom stereocenters. The number of rotatable bonds is 7. The summed E-state index contributed by atoms with van der Waals surface area (Å²) in [5.41, 5.74) is 2.56. The number of thiophene rings is 1. The van der Waals surface area contributed by atoms with Gasteiger partial charge in [-0.2, -0.15) is 0 Å². The van der Waals surface area contributed by atoms with E-state index in [1.54, 1.807) is 11.3 Å². The van der Waals surface area contributed by atoms with Crippen LogP contribution in [-0.2, 0) is 11.3 Å². The molecule has 0 bridgehead atoms. The van der Waals surface area contributed by atoms with Crippen molar-refractivity contribution in [2.24, 2.45) is 10.8 Å². The van der Waals surface area contributed by atoms with E-state index in [1.807, 2.05) is 12.3 Å². The van der Waals surface area contributed by atoms with Crippen LogP contribution < -0.4 is 16.6 Å². The summed E-state index contributed by atoms with van der Waals surface area (Å²) in [5.74, 6) is 6.01. The molecule has 7 heteroatoms. The Balaban J connectivity index is 2.27. The maximum absolute atomic E-state index is 5.40. The molecular formula is C11H19BrN4OS. The van der Waals surface area contributed by atoms with Gasteiger partial charge in [-0.25, -0.2) is 10.8 Å². The number of hydrogen-bond donors (Lipinski definition) is 3. The average Bonchev–Trinajstić information content (AvgIpc) is 2.78. The van der Waals surface area contributed by atoms with Crippen molar-refractivity contribution >= 4 is 33.2 Å². The van der Waals surface area contributed by atoms with Crippen LogP contribution in [0.3, 0.4) is 0 Å². The van der Waals surface area contributed by atoms with E-state index in [1.165, 1.54) is 4.88 Å². The van der Waals surface area contributed by atoms with Crippen molar-refractivity contribution in [2.75, 3.05) is 19.8 Å². The first-order valence-electron chi connectivity index (χ1n) is 5.81. The fraction of sp³-hybridized carbons (Fsp3) is 0.545. The molecule has 0 aliphatic carbocycles. The van der Waals surface area contributed by atoms with E-state index in [0.29, 0.717) is 12.5 Å². The van der Waals surface area contributed by atoms with Gasteiger partial charge in [0.05, 0.1) is 6.54 Å². The van der Waals surface area contributed by atoms with E-state index >= 15 is 0 Å². The molecule has 0 aliphatic heterocycles. The van der Waals surface area contributed by atoms with Gasteiger partial charge in [0, 0.05) is 34.5 Å². The number of guanidine groups is 1. The molecule has 0 fully saturated rings. The van der Waals surface area contributed by atoms with E-state index in [2.05, 4.69) is 37.7 Å². The van der Waals surface area contributed by atoms with Crippen molar-refractivity contribution in [3.63, 3.8) is 0 Å². The molecule has 1 aromatic rings. The van der Waals surface area contributed by atoms with Gasteiger partial charge in [-0.3, -0.25) is 5.43 Å². The fourth-order valence-corrected chi connectivity index (χ4v) is 2.65. The average molecular weight is 335 g/mol. The third kappa shape index (κ3) is 6.34. The number of nitrogens with two attached hydrogens (primary N) is 1. The predicted octanol–water partition coefficient (Wildman–Crippen LogP) is 1.85. The molecule has 1 aromatic heterocycles. The molecule has 4 N–H and O–H groups in total. The first-order valence-corrected chi connectivity index (χ1v) is 7.49. The van der Waals surface area contributed by atoms with Crippen molar-refractivity contribution < 1.29 is 4.74 Å². The van der Waals surface area contributed by atoms with Crippen molar-refractivity contribution in [3.8, 4) is 0 Å². The van der Waals surface area contributed by atoms with E-state index < -0.39 is 0 Å². The highest BCUT2D eigenvalue weighted by Crippen LogP contribution is 2.20. The lowest BCUT2D eigenvalue weighted by Crippen LogP contribution is -2.42. The smallest absolute Gasteiger partial charge is 0.206 e. The van der Waals surface area contributed by atoms with Crippen LogP contribution in [0.4, 0.5) is 0 Å². The maximum atomic E-state index is 5.40. The van der Waals surface area contributed by atoms with Crippen LogP contribution >= 0.6 is 27.3 Å². The number of nitrogens with one attached hydrogen (secondary N) is 2. The molecule has 0 spiro atoms. The first kappa shape index (κ1) is 15.4. The second kappa shape index (κ2) is 9.32.